The van der Waals surface area contributed by atoms with Gasteiger partial charge in [0.05, 0.1) is 6.61 Å². The lowest BCUT2D eigenvalue weighted by molar-refractivity contribution is 0.105. The van der Waals surface area contributed by atoms with Gasteiger partial charge in [-0.1, -0.05) is 56.3 Å². The Kier molecular flexibility index (Phi) is 4.80. The zero-order valence-electron chi connectivity index (χ0n) is 12.3. The van der Waals surface area contributed by atoms with Crippen LogP contribution >= 0.6 is 0 Å². The molecule has 0 heterocycles. The highest BCUT2D eigenvalue weighted by molar-refractivity contribution is 5.41. The van der Waals surface area contributed by atoms with Crippen molar-refractivity contribution in [3.63, 3.8) is 0 Å². The second kappa shape index (κ2) is 6.58. The minimum absolute atomic E-state index is 0.102. The number of benzene rings is 2. The van der Waals surface area contributed by atoms with Gasteiger partial charge in [-0.3, -0.25) is 0 Å². The highest BCUT2D eigenvalue weighted by Gasteiger charge is 2.19. The summed E-state index contributed by atoms with van der Waals surface area (Å²) in [7, 11) is 0. The molecule has 0 bridgehead atoms. The van der Waals surface area contributed by atoms with Gasteiger partial charge in [-0.15, -0.1) is 0 Å². The van der Waals surface area contributed by atoms with Crippen LogP contribution in [0.5, 0.6) is 0 Å². The molecule has 0 amide bonds. The molecule has 2 rings (SSSR count). The molecule has 2 aromatic carbocycles. The first kappa shape index (κ1) is 14.6. The lowest BCUT2D eigenvalue weighted by Crippen LogP contribution is -2.19. The molecule has 2 heteroatoms. The van der Waals surface area contributed by atoms with Crippen LogP contribution in [0.2, 0.25) is 0 Å². The molecule has 0 aromatic heterocycles. The third kappa shape index (κ3) is 4.10. The predicted octanol–water partition coefficient (Wildman–Crippen LogP) is 4.15. The van der Waals surface area contributed by atoms with Crippen molar-refractivity contribution in [3.8, 4) is 0 Å². The summed E-state index contributed by atoms with van der Waals surface area (Å²) in [5.41, 5.74) is 9.16. The molecule has 106 valence electrons. The van der Waals surface area contributed by atoms with Crippen LogP contribution in [0, 0.1) is 0 Å². The molecule has 0 aliphatic heterocycles. The molecule has 2 N–H and O–H groups in total. The first-order chi connectivity index (χ1) is 9.58. The van der Waals surface area contributed by atoms with E-state index in [1.165, 1.54) is 11.1 Å². The summed E-state index contributed by atoms with van der Waals surface area (Å²) in [6.07, 6.45) is 0.990. The second-order valence-electron chi connectivity index (χ2n) is 5.79. The molecule has 0 saturated carbocycles. The van der Waals surface area contributed by atoms with Gasteiger partial charge in [0.2, 0.25) is 0 Å². The third-order valence-electron chi connectivity index (χ3n) is 3.68. The summed E-state index contributed by atoms with van der Waals surface area (Å²) in [6.45, 7) is 5.92. The molecular weight excluding hydrogens is 246 g/mol. The highest BCUT2D eigenvalue weighted by atomic mass is 16.5. The Morgan fingerprint density at radius 1 is 0.950 bits per heavy atom. The Morgan fingerprint density at radius 2 is 1.60 bits per heavy atom. The molecule has 0 unspecified atom stereocenters. The van der Waals surface area contributed by atoms with E-state index in [2.05, 4.69) is 38.1 Å². The van der Waals surface area contributed by atoms with Gasteiger partial charge in [0, 0.05) is 12.3 Å². The summed E-state index contributed by atoms with van der Waals surface area (Å²) >= 11 is 0. The van der Waals surface area contributed by atoms with Gasteiger partial charge in [0.1, 0.15) is 0 Å². The SMILES string of the molecule is CC(C)(CCOCc1ccccc1)c1ccc(N)cc1. The van der Waals surface area contributed by atoms with Gasteiger partial charge < -0.3 is 10.5 Å². The lowest BCUT2D eigenvalue weighted by Gasteiger charge is -2.25. The molecule has 0 saturated heterocycles. The molecule has 0 spiro atoms. The van der Waals surface area contributed by atoms with Gasteiger partial charge in [-0.05, 0) is 35.1 Å². The van der Waals surface area contributed by atoms with E-state index in [1.54, 1.807) is 0 Å². The van der Waals surface area contributed by atoms with Crippen molar-refractivity contribution < 1.29 is 4.74 Å². The van der Waals surface area contributed by atoms with Crippen LogP contribution < -0.4 is 5.73 Å². The lowest BCUT2D eigenvalue weighted by atomic mass is 9.82. The Hall–Kier alpha value is -1.80. The van der Waals surface area contributed by atoms with E-state index in [-0.39, 0.29) is 5.41 Å². The van der Waals surface area contributed by atoms with Crippen molar-refractivity contribution in [3.05, 3.63) is 65.7 Å². The van der Waals surface area contributed by atoms with Crippen LogP contribution in [0.3, 0.4) is 0 Å². The van der Waals surface area contributed by atoms with E-state index in [9.17, 15) is 0 Å². The standard InChI is InChI=1S/C18H23NO/c1-18(2,16-8-10-17(19)11-9-16)12-13-20-14-15-6-4-3-5-7-15/h3-11H,12-14,19H2,1-2H3. The first-order valence-electron chi connectivity index (χ1n) is 7.06. The zero-order chi connectivity index (χ0) is 14.4. The highest BCUT2D eigenvalue weighted by Crippen LogP contribution is 2.27. The van der Waals surface area contributed by atoms with Crippen LogP contribution in [0.15, 0.2) is 54.6 Å². The smallest absolute Gasteiger partial charge is 0.0716 e. The molecule has 0 aliphatic carbocycles. The van der Waals surface area contributed by atoms with Crippen LogP contribution in [-0.2, 0) is 16.8 Å². The van der Waals surface area contributed by atoms with E-state index < -0.39 is 0 Å². The number of ether oxygens (including phenoxy) is 1. The number of nitrogen functional groups attached to an aromatic ring is 1. The Balaban J connectivity index is 1.82. The maximum absolute atomic E-state index is 5.78. The van der Waals surface area contributed by atoms with Crippen LogP contribution in [-0.4, -0.2) is 6.61 Å². The van der Waals surface area contributed by atoms with E-state index in [4.69, 9.17) is 10.5 Å². The number of nitrogens with two attached hydrogens (primary N) is 1. The zero-order valence-corrected chi connectivity index (χ0v) is 12.3. The minimum Gasteiger partial charge on any atom is -0.399 e. The summed E-state index contributed by atoms with van der Waals surface area (Å²) in [5.74, 6) is 0. The summed E-state index contributed by atoms with van der Waals surface area (Å²) in [4.78, 5) is 0. The fraction of sp³-hybridized carbons (Fsp3) is 0.333. The van der Waals surface area contributed by atoms with Gasteiger partial charge >= 0.3 is 0 Å². The van der Waals surface area contributed by atoms with Crippen molar-refractivity contribution in [1.29, 1.82) is 0 Å². The van der Waals surface area contributed by atoms with Crippen molar-refractivity contribution in [1.82, 2.24) is 0 Å². The number of rotatable bonds is 6. The second-order valence-corrected chi connectivity index (χ2v) is 5.79. The van der Waals surface area contributed by atoms with E-state index in [1.807, 2.05) is 30.3 Å². The average Bonchev–Trinajstić information content (AvgIpc) is 2.45. The Bertz CT molecular complexity index is 517. The topological polar surface area (TPSA) is 35.2 Å². The number of hydrogen-bond donors (Lipinski definition) is 1. The van der Waals surface area contributed by atoms with E-state index in [0.717, 1.165) is 18.7 Å². The normalized spacial score (nSPS) is 11.5. The van der Waals surface area contributed by atoms with E-state index in [0.29, 0.717) is 6.61 Å². The third-order valence-corrected chi connectivity index (χ3v) is 3.68. The fourth-order valence-corrected chi connectivity index (χ4v) is 2.17. The van der Waals surface area contributed by atoms with Crippen LogP contribution in [0.25, 0.3) is 0 Å². The van der Waals surface area contributed by atoms with Crippen molar-refractivity contribution in [2.24, 2.45) is 0 Å². The largest absolute Gasteiger partial charge is 0.399 e. The van der Waals surface area contributed by atoms with Gasteiger partial charge in [-0.25, -0.2) is 0 Å². The molecule has 0 atom stereocenters. The fourth-order valence-electron chi connectivity index (χ4n) is 2.17. The summed E-state index contributed by atoms with van der Waals surface area (Å²) in [6, 6.07) is 18.4. The van der Waals surface area contributed by atoms with Crippen LogP contribution in [0.1, 0.15) is 31.4 Å². The van der Waals surface area contributed by atoms with Crippen molar-refractivity contribution >= 4 is 5.69 Å². The number of anilines is 1. The van der Waals surface area contributed by atoms with Gasteiger partial charge in [0.25, 0.3) is 0 Å². The summed E-state index contributed by atoms with van der Waals surface area (Å²) in [5, 5.41) is 0. The Morgan fingerprint density at radius 3 is 2.25 bits per heavy atom. The van der Waals surface area contributed by atoms with Gasteiger partial charge in [0.15, 0.2) is 0 Å². The van der Waals surface area contributed by atoms with Gasteiger partial charge in [-0.2, -0.15) is 0 Å². The quantitative estimate of drug-likeness (QED) is 0.631. The van der Waals surface area contributed by atoms with Crippen molar-refractivity contribution in [2.45, 2.75) is 32.3 Å². The maximum atomic E-state index is 5.78. The Labute approximate surface area is 121 Å². The minimum atomic E-state index is 0.102. The van der Waals surface area contributed by atoms with Crippen LogP contribution in [0.4, 0.5) is 5.69 Å². The first-order valence-corrected chi connectivity index (χ1v) is 7.06. The molecular formula is C18H23NO. The molecule has 2 nitrogen and oxygen atoms in total. The maximum Gasteiger partial charge on any atom is 0.0716 e. The molecule has 0 radical (unpaired) electrons. The molecule has 2 aromatic rings. The monoisotopic (exact) mass is 269 g/mol. The van der Waals surface area contributed by atoms with Crippen molar-refractivity contribution in [2.75, 3.05) is 12.3 Å². The molecule has 0 aliphatic rings. The average molecular weight is 269 g/mol. The molecule has 0 fully saturated rings. The van der Waals surface area contributed by atoms with E-state index >= 15 is 0 Å². The molecule has 20 heavy (non-hydrogen) atoms. The predicted molar refractivity (Wildman–Crippen MR) is 84.6 cm³/mol. The number of hydrogen-bond acceptors (Lipinski definition) is 2. The summed E-state index contributed by atoms with van der Waals surface area (Å²) < 4.78 is 5.78.